The summed E-state index contributed by atoms with van der Waals surface area (Å²) in [7, 11) is -1.49. The SMILES string of the molecule is C=C(C)C(=O)OCC[Si](CCCC)(CCCC)Cc1ccccc1. The van der Waals surface area contributed by atoms with Gasteiger partial charge in [-0.2, -0.15) is 0 Å². The van der Waals surface area contributed by atoms with Gasteiger partial charge in [0.1, 0.15) is 0 Å². The van der Waals surface area contributed by atoms with E-state index in [0.717, 1.165) is 6.04 Å². The molecule has 0 spiro atoms. The molecule has 0 unspecified atom stereocenters. The number of benzene rings is 1. The summed E-state index contributed by atoms with van der Waals surface area (Å²) < 4.78 is 5.45. The average Bonchev–Trinajstić information content (AvgIpc) is 2.58. The molecular weight excluding hydrogens is 312 g/mol. The van der Waals surface area contributed by atoms with Crippen LogP contribution in [0, 0.1) is 0 Å². The smallest absolute Gasteiger partial charge is 0.333 e. The number of hydrogen-bond acceptors (Lipinski definition) is 2. The van der Waals surface area contributed by atoms with Crippen molar-refractivity contribution in [1.29, 1.82) is 0 Å². The Morgan fingerprint density at radius 3 is 2.12 bits per heavy atom. The molecule has 134 valence electrons. The second-order valence-corrected chi connectivity index (χ2v) is 11.9. The van der Waals surface area contributed by atoms with Gasteiger partial charge < -0.3 is 4.74 Å². The van der Waals surface area contributed by atoms with E-state index in [0.29, 0.717) is 12.2 Å². The first-order valence-corrected chi connectivity index (χ1v) is 12.2. The third-order valence-electron chi connectivity index (χ3n) is 4.76. The maximum atomic E-state index is 11.7. The van der Waals surface area contributed by atoms with Crippen molar-refractivity contribution in [2.75, 3.05) is 6.61 Å². The van der Waals surface area contributed by atoms with Crippen molar-refractivity contribution >= 4 is 14.0 Å². The van der Waals surface area contributed by atoms with E-state index in [4.69, 9.17) is 4.74 Å². The molecule has 1 aromatic rings. The van der Waals surface area contributed by atoms with E-state index in [9.17, 15) is 4.79 Å². The predicted molar refractivity (Wildman–Crippen MR) is 106 cm³/mol. The van der Waals surface area contributed by atoms with Crippen molar-refractivity contribution in [3.05, 3.63) is 48.0 Å². The van der Waals surface area contributed by atoms with Crippen LogP contribution in [0.15, 0.2) is 42.5 Å². The number of carbonyl (C=O) groups excluding carboxylic acids is 1. The zero-order chi connectivity index (χ0) is 17.8. The van der Waals surface area contributed by atoms with Gasteiger partial charge in [-0.25, -0.2) is 4.79 Å². The molecule has 0 aromatic heterocycles. The molecule has 0 N–H and O–H groups in total. The summed E-state index contributed by atoms with van der Waals surface area (Å²) in [5.74, 6) is -0.247. The standard InChI is InChI=1S/C21H34O2Si/c1-5-7-15-24(16-8-6-2,17-14-23-21(22)19(3)4)18-20-12-10-9-11-13-20/h9-13H,3,5-8,14-18H2,1-2,4H3. The van der Waals surface area contributed by atoms with Crippen LogP contribution in [0.1, 0.15) is 52.0 Å². The minimum Gasteiger partial charge on any atom is -0.463 e. The molecule has 3 heteroatoms. The highest BCUT2D eigenvalue weighted by atomic mass is 28.3. The van der Waals surface area contributed by atoms with Crippen LogP contribution < -0.4 is 0 Å². The van der Waals surface area contributed by atoms with Gasteiger partial charge in [0.25, 0.3) is 0 Å². The minimum absolute atomic E-state index is 0.247. The topological polar surface area (TPSA) is 26.3 Å². The number of rotatable bonds is 12. The molecule has 0 atom stereocenters. The van der Waals surface area contributed by atoms with Gasteiger partial charge in [0.2, 0.25) is 0 Å². The van der Waals surface area contributed by atoms with Crippen molar-refractivity contribution in [3.63, 3.8) is 0 Å². The summed E-state index contributed by atoms with van der Waals surface area (Å²) in [5, 5.41) is 0. The number of hydrogen-bond donors (Lipinski definition) is 0. The van der Waals surface area contributed by atoms with E-state index < -0.39 is 8.07 Å². The summed E-state index contributed by atoms with van der Waals surface area (Å²) in [6.45, 7) is 10.5. The van der Waals surface area contributed by atoms with Crippen LogP contribution in [0.25, 0.3) is 0 Å². The largest absolute Gasteiger partial charge is 0.463 e. The Morgan fingerprint density at radius 2 is 1.62 bits per heavy atom. The molecule has 0 saturated heterocycles. The second-order valence-electron chi connectivity index (χ2n) is 7.04. The molecule has 1 rings (SSSR count). The maximum Gasteiger partial charge on any atom is 0.333 e. The molecule has 24 heavy (non-hydrogen) atoms. The normalized spacial score (nSPS) is 11.3. The third-order valence-corrected chi connectivity index (χ3v) is 10.0. The van der Waals surface area contributed by atoms with Crippen LogP contribution in [-0.2, 0) is 15.6 Å². The lowest BCUT2D eigenvalue weighted by atomic mass is 10.2. The zero-order valence-electron chi connectivity index (χ0n) is 15.8. The molecule has 0 heterocycles. The van der Waals surface area contributed by atoms with Crippen molar-refractivity contribution < 1.29 is 9.53 Å². The van der Waals surface area contributed by atoms with Gasteiger partial charge in [-0.1, -0.05) is 94.1 Å². The Bertz CT molecular complexity index is 488. The summed E-state index contributed by atoms with van der Waals surface area (Å²) in [6.07, 6.45) is 5.05. The first-order valence-electron chi connectivity index (χ1n) is 9.39. The number of unbranched alkanes of at least 4 members (excludes halogenated alkanes) is 2. The summed E-state index contributed by atoms with van der Waals surface area (Å²) in [6, 6.07) is 15.8. The lowest BCUT2D eigenvalue weighted by molar-refractivity contribution is -0.138. The minimum atomic E-state index is -1.49. The van der Waals surface area contributed by atoms with Crippen LogP contribution in [0.5, 0.6) is 0 Å². The lowest BCUT2D eigenvalue weighted by Crippen LogP contribution is -2.39. The Morgan fingerprint density at radius 1 is 1.04 bits per heavy atom. The predicted octanol–water partition coefficient (Wildman–Crippen LogP) is 5.94. The highest BCUT2D eigenvalue weighted by molar-refractivity contribution is 6.79. The first kappa shape index (κ1) is 20.7. The fourth-order valence-electron chi connectivity index (χ4n) is 3.26. The first-order chi connectivity index (χ1) is 11.5. The zero-order valence-corrected chi connectivity index (χ0v) is 16.8. The second kappa shape index (κ2) is 11.2. The fraction of sp³-hybridized carbons (Fsp3) is 0.571. The molecular formula is C21H34O2Si. The Balaban J connectivity index is 2.83. The quantitative estimate of drug-likeness (QED) is 0.266. The van der Waals surface area contributed by atoms with E-state index in [-0.39, 0.29) is 5.97 Å². The van der Waals surface area contributed by atoms with Crippen LogP contribution in [-0.4, -0.2) is 20.7 Å². The molecule has 0 fully saturated rings. The van der Waals surface area contributed by atoms with Gasteiger partial charge in [-0.3, -0.25) is 0 Å². The van der Waals surface area contributed by atoms with Gasteiger partial charge in [0, 0.05) is 5.57 Å². The number of carbonyl (C=O) groups is 1. The van der Waals surface area contributed by atoms with Crippen molar-refractivity contribution in [2.45, 2.75) is 70.6 Å². The maximum absolute atomic E-state index is 11.7. The lowest BCUT2D eigenvalue weighted by Gasteiger charge is -2.32. The molecule has 2 nitrogen and oxygen atoms in total. The highest BCUT2D eigenvalue weighted by Crippen LogP contribution is 2.30. The summed E-state index contributed by atoms with van der Waals surface area (Å²) >= 11 is 0. The molecule has 0 aliphatic carbocycles. The van der Waals surface area contributed by atoms with Crippen LogP contribution in [0.4, 0.5) is 0 Å². The molecule has 0 bridgehead atoms. The van der Waals surface area contributed by atoms with E-state index in [1.165, 1.54) is 49.4 Å². The Hall–Kier alpha value is -1.35. The van der Waals surface area contributed by atoms with Crippen LogP contribution >= 0.6 is 0 Å². The van der Waals surface area contributed by atoms with Gasteiger partial charge >= 0.3 is 5.97 Å². The van der Waals surface area contributed by atoms with Crippen molar-refractivity contribution in [1.82, 2.24) is 0 Å². The van der Waals surface area contributed by atoms with Gasteiger partial charge in [0.15, 0.2) is 0 Å². The van der Waals surface area contributed by atoms with Gasteiger partial charge in [-0.05, 0) is 19.0 Å². The molecule has 1 aromatic carbocycles. The van der Waals surface area contributed by atoms with E-state index in [1.807, 2.05) is 0 Å². The highest BCUT2D eigenvalue weighted by Gasteiger charge is 2.32. The molecule has 0 radical (unpaired) electrons. The summed E-state index contributed by atoms with van der Waals surface area (Å²) in [4.78, 5) is 11.7. The summed E-state index contributed by atoms with van der Waals surface area (Å²) in [5.41, 5.74) is 1.94. The Labute approximate surface area is 149 Å². The monoisotopic (exact) mass is 346 g/mol. The number of esters is 1. The van der Waals surface area contributed by atoms with Gasteiger partial charge in [0.05, 0.1) is 14.7 Å². The van der Waals surface area contributed by atoms with E-state index in [1.54, 1.807) is 6.92 Å². The van der Waals surface area contributed by atoms with Crippen molar-refractivity contribution in [2.24, 2.45) is 0 Å². The number of ether oxygens (including phenoxy) is 1. The van der Waals surface area contributed by atoms with E-state index in [2.05, 4.69) is 50.8 Å². The molecule has 0 saturated carbocycles. The Kier molecular flexibility index (Phi) is 9.69. The average molecular weight is 347 g/mol. The van der Waals surface area contributed by atoms with Crippen molar-refractivity contribution in [3.8, 4) is 0 Å². The van der Waals surface area contributed by atoms with Crippen LogP contribution in [0.3, 0.4) is 0 Å². The van der Waals surface area contributed by atoms with Crippen LogP contribution in [0.2, 0.25) is 18.1 Å². The molecule has 0 aliphatic heterocycles. The third kappa shape index (κ3) is 7.48. The molecule has 0 amide bonds. The van der Waals surface area contributed by atoms with Gasteiger partial charge in [-0.15, -0.1) is 0 Å². The van der Waals surface area contributed by atoms with E-state index >= 15 is 0 Å². The molecule has 0 aliphatic rings. The fourth-order valence-corrected chi connectivity index (χ4v) is 8.38.